The number of nitrogens with one attached hydrogen (secondary N) is 1. The lowest BCUT2D eigenvalue weighted by Gasteiger charge is -2.38. The summed E-state index contributed by atoms with van der Waals surface area (Å²) in [5.74, 6) is -1.31. The molecule has 1 saturated carbocycles. The number of carbonyl (C=O) groups excluding carboxylic acids is 2. The summed E-state index contributed by atoms with van der Waals surface area (Å²) in [6.45, 7) is -0.544. The molecule has 0 aromatic heterocycles. The highest BCUT2D eigenvalue weighted by atomic mass is 32.2. The van der Waals surface area contributed by atoms with Crippen LogP contribution in [0.4, 0.5) is 11.4 Å². The van der Waals surface area contributed by atoms with Crippen LogP contribution in [0.2, 0.25) is 0 Å². The molecule has 1 saturated heterocycles. The molecule has 1 amide bonds. The van der Waals surface area contributed by atoms with Crippen molar-refractivity contribution in [3.8, 4) is 0 Å². The van der Waals surface area contributed by atoms with Gasteiger partial charge in [-0.05, 0) is 25.3 Å². The Labute approximate surface area is 181 Å². The van der Waals surface area contributed by atoms with Crippen LogP contribution in [0.15, 0.2) is 18.2 Å². The standard InChI is InChI=1S/C20H27N3O7S/c1-21-18-8-7-15(23(26)27)11-17(18)20(25)30-12-19(24)22(14-5-3-2-4-6-14)16-9-10-31(28,29)13-16/h7-8,11,14,16,21H,2-6,9-10,12-13H2,1H3. The molecule has 0 bridgehead atoms. The van der Waals surface area contributed by atoms with Crippen LogP contribution in [0, 0.1) is 10.1 Å². The number of rotatable bonds is 7. The average Bonchev–Trinajstić information content (AvgIpc) is 3.11. The molecule has 2 fully saturated rings. The Hall–Kier alpha value is -2.69. The predicted octanol–water partition coefficient (Wildman–Crippen LogP) is 2.14. The number of carbonyl (C=O) groups is 2. The minimum Gasteiger partial charge on any atom is -0.452 e. The van der Waals surface area contributed by atoms with E-state index in [2.05, 4.69) is 5.32 Å². The van der Waals surface area contributed by atoms with Gasteiger partial charge in [-0.1, -0.05) is 19.3 Å². The van der Waals surface area contributed by atoms with Crippen LogP contribution >= 0.6 is 0 Å². The Morgan fingerprint density at radius 2 is 1.90 bits per heavy atom. The van der Waals surface area contributed by atoms with Gasteiger partial charge in [0, 0.05) is 37.0 Å². The van der Waals surface area contributed by atoms with Crippen LogP contribution in [0.3, 0.4) is 0 Å². The average molecular weight is 454 g/mol. The largest absolute Gasteiger partial charge is 0.452 e. The quantitative estimate of drug-likeness (QED) is 0.377. The minimum absolute atomic E-state index is 0.0443. The van der Waals surface area contributed by atoms with Gasteiger partial charge in [0.05, 0.1) is 22.0 Å². The molecule has 2 aliphatic rings. The number of nitro benzene ring substituents is 1. The van der Waals surface area contributed by atoms with Gasteiger partial charge in [-0.15, -0.1) is 0 Å². The van der Waals surface area contributed by atoms with E-state index in [1.54, 1.807) is 11.9 Å². The highest BCUT2D eigenvalue weighted by Gasteiger charge is 2.38. The maximum Gasteiger partial charge on any atom is 0.341 e. The molecule has 0 spiro atoms. The van der Waals surface area contributed by atoms with Crippen molar-refractivity contribution < 1.29 is 27.7 Å². The third kappa shape index (κ3) is 5.52. The molecule has 1 aliphatic carbocycles. The van der Waals surface area contributed by atoms with Crippen LogP contribution in [0.1, 0.15) is 48.9 Å². The second-order valence-corrected chi connectivity index (χ2v) is 10.2. The van der Waals surface area contributed by atoms with E-state index in [-0.39, 0.29) is 28.8 Å². The van der Waals surface area contributed by atoms with Gasteiger partial charge in [-0.3, -0.25) is 14.9 Å². The van der Waals surface area contributed by atoms with Crippen molar-refractivity contribution in [1.29, 1.82) is 0 Å². The number of amides is 1. The first-order valence-electron chi connectivity index (χ1n) is 10.4. The van der Waals surface area contributed by atoms with E-state index in [4.69, 9.17) is 4.74 Å². The number of nitrogens with zero attached hydrogens (tertiary/aromatic N) is 2. The summed E-state index contributed by atoms with van der Waals surface area (Å²) in [4.78, 5) is 37.6. The third-order valence-corrected chi connectivity index (χ3v) is 7.64. The molecular weight excluding hydrogens is 426 g/mol. The van der Waals surface area contributed by atoms with Crippen molar-refractivity contribution in [2.45, 2.75) is 50.6 Å². The van der Waals surface area contributed by atoms with E-state index >= 15 is 0 Å². The molecule has 11 heteroatoms. The summed E-state index contributed by atoms with van der Waals surface area (Å²) < 4.78 is 29.2. The molecule has 10 nitrogen and oxygen atoms in total. The van der Waals surface area contributed by atoms with Gasteiger partial charge in [-0.2, -0.15) is 0 Å². The van der Waals surface area contributed by atoms with Crippen molar-refractivity contribution in [2.24, 2.45) is 0 Å². The van der Waals surface area contributed by atoms with Gasteiger partial charge in [0.15, 0.2) is 16.4 Å². The van der Waals surface area contributed by atoms with Gasteiger partial charge in [0.25, 0.3) is 11.6 Å². The Kier molecular flexibility index (Phi) is 7.14. The number of sulfone groups is 1. The third-order valence-electron chi connectivity index (χ3n) is 5.89. The lowest BCUT2D eigenvalue weighted by atomic mass is 9.93. The molecular formula is C20H27N3O7S. The van der Waals surface area contributed by atoms with Crippen LogP contribution in [0.25, 0.3) is 0 Å². The highest BCUT2D eigenvalue weighted by Crippen LogP contribution is 2.29. The Bertz CT molecular complexity index is 958. The molecule has 0 radical (unpaired) electrons. The molecule has 1 aromatic carbocycles. The van der Waals surface area contributed by atoms with Gasteiger partial charge < -0.3 is 15.0 Å². The van der Waals surface area contributed by atoms with E-state index in [0.717, 1.165) is 38.2 Å². The summed E-state index contributed by atoms with van der Waals surface area (Å²) in [6.07, 6.45) is 4.99. The Balaban J connectivity index is 1.74. The molecule has 170 valence electrons. The fourth-order valence-corrected chi connectivity index (χ4v) is 6.08. The van der Waals surface area contributed by atoms with Crippen molar-refractivity contribution in [1.82, 2.24) is 4.90 Å². The number of benzene rings is 1. The van der Waals surface area contributed by atoms with Gasteiger partial charge in [0.1, 0.15) is 0 Å². The van der Waals surface area contributed by atoms with Gasteiger partial charge in [0.2, 0.25) is 0 Å². The topological polar surface area (TPSA) is 136 Å². The summed E-state index contributed by atoms with van der Waals surface area (Å²) in [6, 6.07) is 3.28. The molecule has 1 N–H and O–H groups in total. The monoisotopic (exact) mass is 453 g/mol. The lowest BCUT2D eigenvalue weighted by Crippen LogP contribution is -2.50. The first-order chi connectivity index (χ1) is 14.7. The molecule has 1 aromatic rings. The van der Waals surface area contributed by atoms with E-state index in [0.29, 0.717) is 12.1 Å². The SMILES string of the molecule is CNc1ccc([N+](=O)[O-])cc1C(=O)OCC(=O)N(C1CCCCC1)C1CCS(=O)(=O)C1. The number of hydrogen-bond acceptors (Lipinski definition) is 8. The van der Waals surface area contributed by atoms with Crippen molar-refractivity contribution in [3.63, 3.8) is 0 Å². The fraction of sp³-hybridized carbons (Fsp3) is 0.600. The number of nitro groups is 1. The Morgan fingerprint density at radius 3 is 2.48 bits per heavy atom. The van der Waals surface area contributed by atoms with Gasteiger partial charge >= 0.3 is 5.97 Å². The first-order valence-corrected chi connectivity index (χ1v) is 12.2. The molecule has 1 aliphatic heterocycles. The van der Waals surface area contributed by atoms with Crippen molar-refractivity contribution >= 4 is 33.1 Å². The van der Waals surface area contributed by atoms with E-state index < -0.39 is 39.3 Å². The summed E-state index contributed by atoms with van der Waals surface area (Å²) in [5, 5.41) is 13.8. The zero-order valence-electron chi connectivity index (χ0n) is 17.4. The number of esters is 1. The molecule has 31 heavy (non-hydrogen) atoms. The maximum atomic E-state index is 13.0. The molecule has 1 atom stereocenters. The van der Waals surface area contributed by atoms with Crippen molar-refractivity contribution in [3.05, 3.63) is 33.9 Å². The van der Waals surface area contributed by atoms with Crippen LogP contribution in [-0.2, 0) is 19.4 Å². The lowest BCUT2D eigenvalue weighted by molar-refractivity contribution is -0.384. The predicted molar refractivity (Wildman–Crippen MR) is 114 cm³/mol. The smallest absolute Gasteiger partial charge is 0.341 e. The van der Waals surface area contributed by atoms with Gasteiger partial charge in [-0.25, -0.2) is 13.2 Å². The summed E-state index contributed by atoms with van der Waals surface area (Å²) in [5.41, 5.74) is 0.0310. The fourth-order valence-electron chi connectivity index (χ4n) is 4.37. The van der Waals surface area contributed by atoms with Crippen molar-refractivity contribution in [2.75, 3.05) is 30.5 Å². The molecule has 1 heterocycles. The zero-order chi connectivity index (χ0) is 22.6. The number of ether oxygens (including phenoxy) is 1. The van der Waals surface area contributed by atoms with E-state index in [1.165, 1.54) is 12.1 Å². The van der Waals surface area contributed by atoms with E-state index in [9.17, 15) is 28.1 Å². The maximum absolute atomic E-state index is 13.0. The van der Waals surface area contributed by atoms with Crippen LogP contribution in [0.5, 0.6) is 0 Å². The summed E-state index contributed by atoms with van der Waals surface area (Å²) in [7, 11) is -1.62. The second kappa shape index (κ2) is 9.63. The van der Waals surface area contributed by atoms with Crippen LogP contribution in [-0.4, -0.2) is 67.4 Å². The first kappa shape index (κ1) is 23.0. The Morgan fingerprint density at radius 1 is 1.19 bits per heavy atom. The van der Waals surface area contributed by atoms with E-state index in [1.807, 2.05) is 0 Å². The van der Waals surface area contributed by atoms with Crippen LogP contribution < -0.4 is 5.32 Å². The minimum atomic E-state index is -3.18. The number of non-ortho nitro benzene ring substituents is 1. The normalized spacial score (nSPS) is 20.7. The number of hydrogen-bond donors (Lipinski definition) is 1. The highest BCUT2D eigenvalue weighted by molar-refractivity contribution is 7.91. The second-order valence-electron chi connectivity index (χ2n) is 7.96. The molecule has 1 unspecified atom stereocenters. The number of anilines is 1. The summed E-state index contributed by atoms with van der Waals surface area (Å²) >= 11 is 0. The molecule has 3 rings (SSSR count). The zero-order valence-corrected chi connectivity index (χ0v) is 18.2.